The molecule has 2 aliphatic rings. The van der Waals surface area contributed by atoms with E-state index in [9.17, 15) is 16.8 Å². The van der Waals surface area contributed by atoms with Gasteiger partial charge in [-0.1, -0.05) is 11.6 Å². The van der Waals surface area contributed by atoms with E-state index in [4.69, 9.17) is 0 Å². The number of nitrogens with one attached hydrogen (secondary N) is 1. The Hall–Kier alpha value is -1.19. The molecular weight excluding hydrogens is 374 g/mol. The van der Waals surface area contributed by atoms with Crippen molar-refractivity contribution in [1.82, 2.24) is 14.5 Å². The maximum atomic E-state index is 12.8. The zero-order chi connectivity index (χ0) is 18.9. The van der Waals surface area contributed by atoms with Crippen LogP contribution in [0, 0.1) is 13.8 Å². The zero-order valence-corrected chi connectivity index (χ0v) is 17.0. The van der Waals surface area contributed by atoms with Crippen molar-refractivity contribution in [1.29, 1.82) is 0 Å². The van der Waals surface area contributed by atoms with Crippen LogP contribution in [0.25, 0.3) is 0 Å². The third-order valence-electron chi connectivity index (χ3n) is 5.20. The van der Waals surface area contributed by atoms with Crippen LogP contribution >= 0.6 is 0 Å². The molecule has 26 heavy (non-hydrogen) atoms. The lowest BCUT2D eigenvalue weighted by molar-refractivity contribution is 0.484. The first-order chi connectivity index (χ1) is 12.2. The molecule has 0 spiro atoms. The average molecular weight is 402 g/mol. The number of rotatable bonds is 6. The van der Waals surface area contributed by atoms with E-state index in [0.29, 0.717) is 24.4 Å². The first-order valence-corrected chi connectivity index (χ1v) is 12.4. The van der Waals surface area contributed by atoms with Gasteiger partial charge in [0.1, 0.15) is 4.90 Å². The summed E-state index contributed by atoms with van der Waals surface area (Å²) in [6.45, 7) is 3.73. The minimum atomic E-state index is -3.67. The fourth-order valence-electron chi connectivity index (χ4n) is 3.91. The molecule has 0 bridgehead atoms. The average Bonchev–Trinajstić information content (AvgIpc) is 3.07. The van der Waals surface area contributed by atoms with Crippen LogP contribution in [0.1, 0.15) is 56.0 Å². The fourth-order valence-corrected chi connectivity index (χ4v) is 7.03. The third kappa shape index (κ3) is 4.20. The van der Waals surface area contributed by atoms with Crippen molar-refractivity contribution in [2.45, 2.75) is 63.3 Å². The second-order valence-electron chi connectivity index (χ2n) is 7.26. The molecule has 9 heteroatoms. The molecule has 1 aromatic rings. The van der Waals surface area contributed by atoms with Crippen LogP contribution in [-0.2, 0) is 19.9 Å². The van der Waals surface area contributed by atoms with Gasteiger partial charge in [-0.2, -0.15) is 5.10 Å². The maximum absolute atomic E-state index is 12.8. The molecule has 0 saturated carbocycles. The molecule has 0 aromatic carbocycles. The van der Waals surface area contributed by atoms with Gasteiger partial charge in [0.15, 0.2) is 9.84 Å². The lowest BCUT2D eigenvalue weighted by Gasteiger charge is -2.14. The van der Waals surface area contributed by atoms with Gasteiger partial charge in [-0.3, -0.25) is 4.68 Å². The summed E-state index contributed by atoms with van der Waals surface area (Å²) in [7, 11) is -6.73. The highest BCUT2D eigenvalue weighted by Gasteiger charge is 2.33. The largest absolute Gasteiger partial charge is 0.264 e. The maximum Gasteiger partial charge on any atom is 0.244 e. The summed E-state index contributed by atoms with van der Waals surface area (Å²) in [6, 6.07) is -0.282. The van der Waals surface area contributed by atoms with Crippen LogP contribution in [0.2, 0.25) is 0 Å². The molecule has 1 fully saturated rings. The Kier molecular flexibility index (Phi) is 5.60. The topological polar surface area (TPSA) is 98.1 Å². The standard InChI is InChI=1S/C17H27N3O4S2/c1-13-17(14(2)20(19-13)16-9-11-25(21,22)12-16)26(23,24)18-10-8-15-6-4-3-5-7-15/h6,16,18H,3-5,7-12H2,1-2H3/t16-/m1/s1. The number of sulfone groups is 1. The van der Waals surface area contributed by atoms with E-state index in [2.05, 4.69) is 15.9 Å². The minimum absolute atomic E-state index is 0.0238. The second-order valence-corrected chi connectivity index (χ2v) is 11.2. The molecule has 1 aromatic heterocycles. The van der Waals surface area contributed by atoms with Gasteiger partial charge in [0.25, 0.3) is 0 Å². The molecule has 0 radical (unpaired) electrons. The van der Waals surface area contributed by atoms with Crippen molar-refractivity contribution in [2.75, 3.05) is 18.1 Å². The summed E-state index contributed by atoms with van der Waals surface area (Å²) in [5.41, 5.74) is 2.24. The minimum Gasteiger partial charge on any atom is -0.264 e. The number of hydrogen-bond acceptors (Lipinski definition) is 5. The van der Waals surface area contributed by atoms with Crippen LogP contribution in [0.15, 0.2) is 16.5 Å². The van der Waals surface area contributed by atoms with Crippen molar-refractivity contribution < 1.29 is 16.8 Å². The highest BCUT2D eigenvalue weighted by Crippen LogP contribution is 2.28. The van der Waals surface area contributed by atoms with Crippen LogP contribution in [0.3, 0.4) is 0 Å². The summed E-state index contributed by atoms with van der Waals surface area (Å²) in [6.07, 6.45) is 7.94. The van der Waals surface area contributed by atoms with Gasteiger partial charge in [0, 0.05) is 6.54 Å². The molecule has 0 amide bonds. The molecule has 1 aliphatic carbocycles. The van der Waals surface area contributed by atoms with Gasteiger partial charge in [0.2, 0.25) is 10.0 Å². The fraction of sp³-hybridized carbons (Fsp3) is 0.706. The molecule has 1 N–H and O–H groups in total. The van der Waals surface area contributed by atoms with Gasteiger partial charge in [-0.15, -0.1) is 0 Å². The Morgan fingerprint density at radius 1 is 1.31 bits per heavy atom. The predicted molar refractivity (Wildman–Crippen MR) is 100 cm³/mol. The van der Waals surface area contributed by atoms with E-state index in [1.54, 1.807) is 18.5 Å². The molecule has 1 atom stereocenters. The van der Waals surface area contributed by atoms with E-state index in [0.717, 1.165) is 19.3 Å². The SMILES string of the molecule is Cc1nn([C@@H]2CCS(=O)(=O)C2)c(C)c1S(=O)(=O)NCCC1=CCCCC1. The normalized spacial score (nSPS) is 23.2. The van der Waals surface area contributed by atoms with Gasteiger partial charge < -0.3 is 0 Å². The van der Waals surface area contributed by atoms with E-state index < -0.39 is 19.9 Å². The van der Waals surface area contributed by atoms with E-state index in [1.165, 1.54) is 18.4 Å². The molecule has 7 nitrogen and oxygen atoms in total. The van der Waals surface area contributed by atoms with Crippen molar-refractivity contribution in [2.24, 2.45) is 0 Å². The summed E-state index contributed by atoms with van der Waals surface area (Å²) in [4.78, 5) is 0.180. The quantitative estimate of drug-likeness (QED) is 0.736. The number of aromatic nitrogens is 2. The summed E-state index contributed by atoms with van der Waals surface area (Å²) < 4.78 is 53.3. The van der Waals surface area contributed by atoms with Crippen molar-refractivity contribution >= 4 is 19.9 Å². The lowest BCUT2D eigenvalue weighted by atomic mass is 9.97. The monoisotopic (exact) mass is 401 g/mol. The van der Waals surface area contributed by atoms with Crippen molar-refractivity contribution in [3.8, 4) is 0 Å². The predicted octanol–water partition coefficient (Wildman–Crippen LogP) is 2.03. The summed E-state index contributed by atoms with van der Waals surface area (Å²) in [5, 5.41) is 4.34. The summed E-state index contributed by atoms with van der Waals surface area (Å²) in [5.74, 6) is 0.154. The molecule has 2 heterocycles. The highest BCUT2D eigenvalue weighted by molar-refractivity contribution is 7.91. The Labute approximate surface area is 155 Å². The second kappa shape index (κ2) is 7.44. The van der Waals surface area contributed by atoms with E-state index in [1.807, 2.05) is 0 Å². The van der Waals surface area contributed by atoms with Gasteiger partial charge >= 0.3 is 0 Å². The zero-order valence-electron chi connectivity index (χ0n) is 15.4. The molecule has 1 aliphatic heterocycles. The molecule has 3 rings (SSSR count). The number of nitrogens with zero attached hydrogens (tertiary/aromatic N) is 2. The highest BCUT2D eigenvalue weighted by atomic mass is 32.2. The van der Waals surface area contributed by atoms with E-state index in [-0.39, 0.29) is 22.4 Å². The van der Waals surface area contributed by atoms with Crippen LogP contribution in [0.5, 0.6) is 0 Å². The number of aryl methyl sites for hydroxylation is 1. The smallest absolute Gasteiger partial charge is 0.244 e. The number of sulfonamides is 1. The molecule has 0 unspecified atom stereocenters. The first kappa shape index (κ1) is 19.6. The van der Waals surface area contributed by atoms with Crippen molar-refractivity contribution in [3.63, 3.8) is 0 Å². The molecular formula is C17H27N3O4S2. The van der Waals surface area contributed by atoms with E-state index >= 15 is 0 Å². The number of hydrogen-bond donors (Lipinski definition) is 1. The lowest BCUT2D eigenvalue weighted by Crippen LogP contribution is -2.26. The Balaban J connectivity index is 1.74. The third-order valence-corrected chi connectivity index (χ3v) is 8.67. The van der Waals surface area contributed by atoms with Gasteiger partial charge in [-0.05, 0) is 52.4 Å². The van der Waals surface area contributed by atoms with Crippen LogP contribution in [0.4, 0.5) is 0 Å². The number of allylic oxidation sites excluding steroid dienone is 1. The van der Waals surface area contributed by atoms with Crippen LogP contribution in [-0.4, -0.2) is 44.7 Å². The Morgan fingerprint density at radius 3 is 2.69 bits per heavy atom. The van der Waals surface area contributed by atoms with Gasteiger partial charge in [-0.25, -0.2) is 21.6 Å². The molecule has 146 valence electrons. The Morgan fingerprint density at radius 2 is 2.08 bits per heavy atom. The Bertz CT molecular complexity index is 914. The first-order valence-electron chi connectivity index (χ1n) is 9.13. The molecule has 1 saturated heterocycles. The van der Waals surface area contributed by atoms with Crippen LogP contribution < -0.4 is 4.72 Å². The van der Waals surface area contributed by atoms with Gasteiger partial charge in [0.05, 0.1) is 28.9 Å². The summed E-state index contributed by atoms with van der Waals surface area (Å²) >= 11 is 0. The van der Waals surface area contributed by atoms with Crippen molar-refractivity contribution in [3.05, 3.63) is 23.0 Å².